The van der Waals surface area contributed by atoms with E-state index in [0.717, 1.165) is 0 Å². The van der Waals surface area contributed by atoms with E-state index in [1.54, 1.807) is 20.1 Å². The van der Waals surface area contributed by atoms with Crippen LogP contribution in [0, 0.1) is 12.7 Å². The molecule has 1 aromatic carbocycles. The maximum Gasteiger partial charge on any atom is 0.223 e. The molecular formula is C14H17ClFN3O2. The monoisotopic (exact) mass is 313 g/mol. The second-order valence-electron chi connectivity index (χ2n) is 4.80. The molecule has 0 unspecified atom stereocenters. The number of aromatic nitrogens is 2. The van der Waals surface area contributed by atoms with E-state index in [0.29, 0.717) is 23.9 Å². The third-order valence-electron chi connectivity index (χ3n) is 2.95. The molecule has 0 fully saturated rings. The molecule has 2 aromatic rings. The highest BCUT2D eigenvalue weighted by Gasteiger charge is 2.22. The van der Waals surface area contributed by atoms with Crippen LogP contribution >= 0.6 is 11.6 Å². The first-order chi connectivity index (χ1) is 10.0. The van der Waals surface area contributed by atoms with Gasteiger partial charge < -0.3 is 9.26 Å². The van der Waals surface area contributed by atoms with E-state index in [2.05, 4.69) is 15.5 Å². The van der Waals surface area contributed by atoms with E-state index < -0.39 is 11.9 Å². The molecule has 1 N–H and O–H groups in total. The van der Waals surface area contributed by atoms with Gasteiger partial charge in [-0.15, -0.1) is 0 Å². The van der Waals surface area contributed by atoms with Crippen molar-refractivity contribution in [3.63, 3.8) is 0 Å². The fraction of sp³-hybridized carbons (Fsp3) is 0.429. The Morgan fingerprint density at radius 3 is 2.81 bits per heavy atom. The predicted octanol–water partition coefficient (Wildman–Crippen LogP) is 2.88. The topological polar surface area (TPSA) is 60.2 Å². The first-order valence-corrected chi connectivity index (χ1v) is 6.89. The number of rotatable bonds is 6. The zero-order chi connectivity index (χ0) is 15.4. The molecule has 114 valence electrons. The van der Waals surface area contributed by atoms with Gasteiger partial charge in [0.05, 0.1) is 17.7 Å². The Morgan fingerprint density at radius 1 is 1.48 bits per heavy atom. The van der Waals surface area contributed by atoms with E-state index in [9.17, 15) is 4.39 Å². The van der Waals surface area contributed by atoms with Gasteiger partial charge in [0.15, 0.2) is 5.82 Å². The highest BCUT2D eigenvalue weighted by atomic mass is 35.5. The summed E-state index contributed by atoms with van der Waals surface area (Å²) in [7, 11) is 1.62. The Hall–Kier alpha value is -1.50. The van der Waals surface area contributed by atoms with Crippen molar-refractivity contribution in [1.82, 2.24) is 15.5 Å². The Kier molecular flexibility index (Phi) is 5.27. The summed E-state index contributed by atoms with van der Waals surface area (Å²) in [5.41, 5.74) is 0.667. The van der Waals surface area contributed by atoms with Crippen molar-refractivity contribution < 1.29 is 13.7 Å². The number of benzene rings is 1. The van der Waals surface area contributed by atoms with Gasteiger partial charge >= 0.3 is 0 Å². The first kappa shape index (κ1) is 15.9. The van der Waals surface area contributed by atoms with Crippen LogP contribution in [0.25, 0.3) is 0 Å². The molecule has 7 heteroatoms. The van der Waals surface area contributed by atoms with Crippen molar-refractivity contribution >= 4 is 11.6 Å². The number of ether oxygens (including phenoxy) is 1. The third-order valence-corrected chi connectivity index (χ3v) is 3.25. The van der Waals surface area contributed by atoms with Crippen LogP contribution in [-0.4, -0.2) is 29.9 Å². The van der Waals surface area contributed by atoms with E-state index in [4.69, 9.17) is 20.9 Å². The molecule has 0 bridgehead atoms. The SMILES string of the molecule is COC[C@@H](C)N[C@H](c1ccc(Cl)c(F)c1)c1noc(C)n1. The number of halogens is 2. The fourth-order valence-electron chi connectivity index (χ4n) is 2.03. The number of methoxy groups -OCH3 is 1. The van der Waals surface area contributed by atoms with Crippen LogP contribution < -0.4 is 5.32 Å². The molecule has 0 aliphatic heterocycles. The van der Waals surface area contributed by atoms with Crippen molar-refractivity contribution in [2.24, 2.45) is 0 Å². The van der Waals surface area contributed by atoms with Crippen molar-refractivity contribution in [3.05, 3.63) is 46.3 Å². The predicted molar refractivity (Wildman–Crippen MR) is 76.8 cm³/mol. The second-order valence-corrected chi connectivity index (χ2v) is 5.21. The van der Waals surface area contributed by atoms with Crippen molar-refractivity contribution in [3.8, 4) is 0 Å². The summed E-state index contributed by atoms with van der Waals surface area (Å²) in [6.45, 7) is 4.16. The lowest BCUT2D eigenvalue weighted by molar-refractivity contribution is 0.168. The van der Waals surface area contributed by atoms with Gasteiger partial charge in [0.1, 0.15) is 5.82 Å². The van der Waals surface area contributed by atoms with Gasteiger partial charge in [-0.1, -0.05) is 22.8 Å². The molecule has 0 aliphatic carbocycles. The smallest absolute Gasteiger partial charge is 0.223 e. The van der Waals surface area contributed by atoms with Gasteiger partial charge in [0.2, 0.25) is 5.89 Å². The van der Waals surface area contributed by atoms with Crippen molar-refractivity contribution in [2.45, 2.75) is 25.9 Å². The molecule has 1 aromatic heterocycles. The van der Waals surface area contributed by atoms with Crippen LogP contribution in [0.5, 0.6) is 0 Å². The van der Waals surface area contributed by atoms with Gasteiger partial charge in [-0.25, -0.2) is 4.39 Å². The average molecular weight is 314 g/mol. The lowest BCUT2D eigenvalue weighted by Crippen LogP contribution is -2.35. The summed E-state index contributed by atoms with van der Waals surface area (Å²) >= 11 is 5.73. The minimum absolute atomic E-state index is 0.0255. The van der Waals surface area contributed by atoms with Crippen molar-refractivity contribution in [1.29, 1.82) is 0 Å². The highest BCUT2D eigenvalue weighted by molar-refractivity contribution is 6.30. The quantitative estimate of drug-likeness (QED) is 0.888. The van der Waals surface area contributed by atoms with Crippen LogP contribution in [-0.2, 0) is 4.74 Å². The van der Waals surface area contributed by atoms with Gasteiger partial charge in [-0.3, -0.25) is 5.32 Å². The Labute approximate surface area is 127 Å². The molecule has 0 saturated heterocycles. The molecule has 5 nitrogen and oxygen atoms in total. The Bertz CT molecular complexity index is 606. The number of aryl methyl sites for hydroxylation is 1. The van der Waals surface area contributed by atoms with E-state index in [1.807, 2.05) is 6.92 Å². The maximum atomic E-state index is 13.7. The Morgan fingerprint density at radius 2 is 2.24 bits per heavy atom. The zero-order valence-electron chi connectivity index (χ0n) is 12.1. The molecule has 0 saturated carbocycles. The van der Waals surface area contributed by atoms with Crippen LogP contribution in [0.15, 0.2) is 22.7 Å². The summed E-state index contributed by atoms with van der Waals surface area (Å²) in [6.07, 6.45) is 0. The minimum Gasteiger partial charge on any atom is -0.383 e. The number of nitrogens with zero attached hydrogens (tertiary/aromatic N) is 2. The zero-order valence-corrected chi connectivity index (χ0v) is 12.8. The molecule has 0 amide bonds. The molecule has 2 rings (SSSR count). The number of hydrogen-bond acceptors (Lipinski definition) is 5. The summed E-state index contributed by atoms with van der Waals surface area (Å²) in [4.78, 5) is 4.22. The Balaban J connectivity index is 2.32. The van der Waals surface area contributed by atoms with Gasteiger partial charge in [0, 0.05) is 20.1 Å². The van der Waals surface area contributed by atoms with Crippen LogP contribution in [0.4, 0.5) is 4.39 Å². The van der Waals surface area contributed by atoms with Crippen LogP contribution in [0.3, 0.4) is 0 Å². The van der Waals surface area contributed by atoms with Crippen LogP contribution in [0.2, 0.25) is 5.02 Å². The lowest BCUT2D eigenvalue weighted by Gasteiger charge is -2.21. The van der Waals surface area contributed by atoms with E-state index in [-0.39, 0.29) is 11.1 Å². The average Bonchev–Trinajstić information content (AvgIpc) is 2.86. The fourth-order valence-corrected chi connectivity index (χ4v) is 2.14. The standard InChI is InChI=1S/C14H17ClFN3O2/c1-8(7-20-3)17-13(14-18-9(2)21-19-14)10-4-5-11(15)12(16)6-10/h4-6,8,13,17H,7H2,1-3H3/t8-,13-/m1/s1. The van der Waals surface area contributed by atoms with E-state index >= 15 is 0 Å². The molecule has 0 aliphatic rings. The van der Waals surface area contributed by atoms with Crippen molar-refractivity contribution in [2.75, 3.05) is 13.7 Å². The molecule has 0 spiro atoms. The van der Waals surface area contributed by atoms with Gasteiger partial charge in [0.25, 0.3) is 0 Å². The second kappa shape index (κ2) is 6.98. The number of nitrogens with one attached hydrogen (secondary N) is 1. The molecule has 21 heavy (non-hydrogen) atoms. The summed E-state index contributed by atoms with van der Waals surface area (Å²) in [5.74, 6) is 0.406. The van der Waals surface area contributed by atoms with E-state index in [1.165, 1.54) is 12.1 Å². The number of hydrogen-bond donors (Lipinski definition) is 1. The largest absolute Gasteiger partial charge is 0.383 e. The minimum atomic E-state index is -0.486. The maximum absolute atomic E-state index is 13.7. The molecule has 2 atom stereocenters. The van der Waals surface area contributed by atoms with Gasteiger partial charge in [-0.2, -0.15) is 4.98 Å². The highest BCUT2D eigenvalue weighted by Crippen LogP contribution is 2.24. The third kappa shape index (κ3) is 4.00. The van der Waals surface area contributed by atoms with Crippen LogP contribution in [0.1, 0.15) is 30.2 Å². The molecule has 1 heterocycles. The molecular weight excluding hydrogens is 297 g/mol. The lowest BCUT2D eigenvalue weighted by atomic mass is 10.1. The van der Waals surface area contributed by atoms with Gasteiger partial charge in [-0.05, 0) is 24.6 Å². The summed E-state index contributed by atoms with van der Waals surface area (Å²) in [5, 5.41) is 7.28. The summed E-state index contributed by atoms with van der Waals surface area (Å²) < 4.78 is 23.8. The normalized spacial score (nSPS) is 14.1. The first-order valence-electron chi connectivity index (χ1n) is 6.51. The summed E-state index contributed by atoms with van der Waals surface area (Å²) in [6, 6.07) is 4.23. The molecule has 0 radical (unpaired) electrons.